The van der Waals surface area contributed by atoms with E-state index >= 15 is 0 Å². The minimum absolute atomic E-state index is 0.0374. The molecule has 2 amide bonds. The number of carbonyl (C=O) groups is 1. The van der Waals surface area contributed by atoms with E-state index < -0.39 is 0 Å². The molecular formula is C19H22N2O3. The molecule has 0 unspecified atom stereocenters. The Morgan fingerprint density at radius 1 is 1.29 bits per heavy atom. The van der Waals surface area contributed by atoms with Crippen LogP contribution < -0.4 is 5.32 Å². The summed E-state index contributed by atoms with van der Waals surface area (Å²) in [5.74, 6) is 1.13. The number of fused-ring (bicyclic) bond motifs is 1. The van der Waals surface area contributed by atoms with Crippen molar-refractivity contribution in [3.63, 3.8) is 0 Å². The van der Waals surface area contributed by atoms with Crippen LogP contribution in [0.1, 0.15) is 55.2 Å². The lowest BCUT2D eigenvalue weighted by molar-refractivity contribution is 0.162. The predicted molar refractivity (Wildman–Crippen MR) is 89.7 cm³/mol. The second-order valence-electron chi connectivity index (χ2n) is 6.72. The van der Waals surface area contributed by atoms with Crippen molar-refractivity contribution in [2.45, 2.75) is 50.7 Å². The first-order chi connectivity index (χ1) is 11.6. The highest BCUT2D eigenvalue weighted by atomic mass is 16.3. The van der Waals surface area contributed by atoms with Gasteiger partial charge in [-0.25, -0.2) is 4.79 Å². The molecule has 1 aromatic heterocycles. The van der Waals surface area contributed by atoms with E-state index in [-0.39, 0.29) is 24.2 Å². The van der Waals surface area contributed by atoms with Crippen molar-refractivity contribution in [1.29, 1.82) is 0 Å². The average Bonchev–Trinajstić information content (AvgIpc) is 3.09. The van der Waals surface area contributed by atoms with E-state index in [4.69, 9.17) is 4.42 Å². The first-order valence-corrected chi connectivity index (χ1v) is 8.58. The molecular weight excluding hydrogens is 304 g/mol. The molecule has 2 N–H and O–H groups in total. The molecule has 4 rings (SSSR count). The lowest BCUT2D eigenvalue weighted by Gasteiger charge is -2.30. The summed E-state index contributed by atoms with van der Waals surface area (Å²) in [4.78, 5) is 14.8. The van der Waals surface area contributed by atoms with Gasteiger partial charge in [-0.2, -0.15) is 0 Å². The van der Waals surface area contributed by atoms with Crippen molar-refractivity contribution in [2.75, 3.05) is 0 Å². The molecule has 2 aliphatic rings. The second kappa shape index (κ2) is 5.89. The standard InChI is InChI=1S/C19H22N2O3/c1-12(18-6-3-11-24-18)21(13-7-8-13)19(23)20-16-10-9-15-14(16)4-2-5-17(15)22/h2-6,11-13,16,22H,7-10H2,1H3,(H,20,23)/t12-,16+/m0/s1. The highest BCUT2D eigenvalue weighted by Crippen LogP contribution is 2.38. The maximum atomic E-state index is 12.9. The summed E-state index contributed by atoms with van der Waals surface area (Å²) in [5, 5.41) is 13.1. The number of aromatic hydroxyl groups is 1. The van der Waals surface area contributed by atoms with Gasteiger partial charge in [-0.15, -0.1) is 0 Å². The molecule has 0 aliphatic heterocycles. The summed E-state index contributed by atoms with van der Waals surface area (Å²) in [6.45, 7) is 2.01. The number of phenols is 1. The van der Waals surface area contributed by atoms with Crippen molar-refractivity contribution < 1.29 is 14.3 Å². The highest BCUT2D eigenvalue weighted by Gasteiger charge is 2.38. The number of nitrogens with one attached hydrogen (secondary N) is 1. The highest BCUT2D eigenvalue weighted by molar-refractivity contribution is 5.76. The molecule has 2 aliphatic carbocycles. The quantitative estimate of drug-likeness (QED) is 0.895. The minimum Gasteiger partial charge on any atom is -0.508 e. The van der Waals surface area contributed by atoms with Crippen LogP contribution in [-0.2, 0) is 6.42 Å². The number of benzene rings is 1. The normalized spacial score (nSPS) is 20.5. The Hall–Kier alpha value is -2.43. The van der Waals surface area contributed by atoms with Gasteiger partial charge in [0.15, 0.2) is 0 Å². The number of nitrogens with zero attached hydrogens (tertiary/aromatic N) is 1. The fourth-order valence-corrected chi connectivity index (χ4v) is 3.69. The SMILES string of the molecule is C[C@@H](c1ccco1)N(C(=O)N[C@@H]1CCc2c(O)cccc21)C1CC1. The third-order valence-electron chi connectivity index (χ3n) is 5.09. The molecule has 1 aromatic carbocycles. The number of hydrogen-bond donors (Lipinski definition) is 2. The fraction of sp³-hybridized carbons (Fsp3) is 0.421. The van der Waals surface area contributed by atoms with Crippen LogP contribution in [0.5, 0.6) is 5.75 Å². The summed E-state index contributed by atoms with van der Waals surface area (Å²) in [6, 6.07) is 9.41. The van der Waals surface area contributed by atoms with Gasteiger partial charge in [0.05, 0.1) is 18.3 Å². The molecule has 2 atom stereocenters. The largest absolute Gasteiger partial charge is 0.508 e. The minimum atomic E-state index is -0.0856. The summed E-state index contributed by atoms with van der Waals surface area (Å²) in [7, 11) is 0. The van der Waals surface area contributed by atoms with Crippen LogP contribution in [0.25, 0.3) is 0 Å². The van der Waals surface area contributed by atoms with Gasteiger partial charge in [0.1, 0.15) is 11.5 Å². The van der Waals surface area contributed by atoms with Gasteiger partial charge in [0, 0.05) is 6.04 Å². The van der Waals surface area contributed by atoms with Gasteiger partial charge >= 0.3 is 6.03 Å². The zero-order valence-electron chi connectivity index (χ0n) is 13.7. The van der Waals surface area contributed by atoms with Crippen LogP contribution in [0.2, 0.25) is 0 Å². The average molecular weight is 326 g/mol. The Balaban J connectivity index is 1.52. The topological polar surface area (TPSA) is 65.7 Å². The van der Waals surface area contributed by atoms with Crippen LogP contribution in [0, 0.1) is 0 Å². The van der Waals surface area contributed by atoms with Crippen molar-refractivity contribution >= 4 is 6.03 Å². The number of rotatable bonds is 4. The smallest absolute Gasteiger partial charge is 0.318 e. The van der Waals surface area contributed by atoms with Crippen LogP contribution in [0.3, 0.4) is 0 Å². The molecule has 0 saturated heterocycles. The van der Waals surface area contributed by atoms with Gasteiger partial charge in [0.25, 0.3) is 0 Å². The lowest BCUT2D eigenvalue weighted by atomic mass is 10.1. The van der Waals surface area contributed by atoms with E-state index in [9.17, 15) is 9.90 Å². The van der Waals surface area contributed by atoms with Crippen LogP contribution in [-0.4, -0.2) is 22.1 Å². The van der Waals surface area contributed by atoms with Gasteiger partial charge in [-0.05, 0) is 61.9 Å². The van der Waals surface area contributed by atoms with E-state index in [0.29, 0.717) is 5.75 Å². The van der Waals surface area contributed by atoms with E-state index in [1.807, 2.05) is 36.1 Å². The van der Waals surface area contributed by atoms with Crippen molar-refractivity contribution in [2.24, 2.45) is 0 Å². The van der Waals surface area contributed by atoms with Gasteiger partial charge in [-0.3, -0.25) is 0 Å². The Morgan fingerprint density at radius 2 is 2.12 bits per heavy atom. The van der Waals surface area contributed by atoms with E-state index in [1.165, 1.54) is 0 Å². The third kappa shape index (κ3) is 2.64. The predicted octanol–water partition coefficient (Wildman–Crippen LogP) is 3.91. The summed E-state index contributed by atoms with van der Waals surface area (Å²) >= 11 is 0. The van der Waals surface area contributed by atoms with Crippen LogP contribution in [0.4, 0.5) is 4.79 Å². The number of hydrogen-bond acceptors (Lipinski definition) is 3. The number of amides is 2. The van der Waals surface area contributed by atoms with Gasteiger partial charge < -0.3 is 19.7 Å². The molecule has 0 radical (unpaired) electrons. The monoisotopic (exact) mass is 326 g/mol. The van der Waals surface area contributed by atoms with E-state index in [1.54, 1.807) is 12.3 Å². The number of urea groups is 1. The maximum absolute atomic E-state index is 12.9. The molecule has 1 heterocycles. The van der Waals surface area contributed by atoms with Gasteiger partial charge in [-0.1, -0.05) is 12.1 Å². The molecule has 1 saturated carbocycles. The summed E-state index contributed by atoms with van der Waals surface area (Å²) in [5.41, 5.74) is 1.99. The van der Waals surface area contributed by atoms with Gasteiger partial charge in [0.2, 0.25) is 0 Å². The lowest BCUT2D eigenvalue weighted by Crippen LogP contribution is -2.43. The molecule has 5 nitrogen and oxygen atoms in total. The van der Waals surface area contributed by atoms with Crippen molar-refractivity contribution in [1.82, 2.24) is 10.2 Å². The molecule has 5 heteroatoms. The number of carbonyl (C=O) groups excluding carboxylic acids is 1. The fourth-order valence-electron chi connectivity index (χ4n) is 3.69. The molecule has 0 bridgehead atoms. The Kier molecular flexibility index (Phi) is 3.71. The van der Waals surface area contributed by atoms with Crippen LogP contribution >= 0.6 is 0 Å². The molecule has 24 heavy (non-hydrogen) atoms. The number of furan rings is 1. The first-order valence-electron chi connectivity index (χ1n) is 8.58. The second-order valence-corrected chi connectivity index (χ2v) is 6.72. The summed E-state index contributed by atoms with van der Waals surface area (Å²) < 4.78 is 5.49. The Morgan fingerprint density at radius 3 is 2.83 bits per heavy atom. The Bertz CT molecular complexity index is 737. The third-order valence-corrected chi connectivity index (χ3v) is 5.09. The van der Waals surface area contributed by atoms with E-state index in [0.717, 1.165) is 42.6 Å². The number of phenolic OH excluding ortho intramolecular Hbond substituents is 1. The Labute approximate surface area is 141 Å². The summed E-state index contributed by atoms with van der Waals surface area (Å²) in [6.07, 6.45) is 5.35. The van der Waals surface area contributed by atoms with Crippen molar-refractivity contribution in [3.05, 3.63) is 53.5 Å². The molecule has 2 aromatic rings. The molecule has 0 spiro atoms. The zero-order valence-corrected chi connectivity index (χ0v) is 13.7. The first kappa shape index (κ1) is 15.1. The maximum Gasteiger partial charge on any atom is 0.318 e. The van der Waals surface area contributed by atoms with Crippen molar-refractivity contribution in [3.8, 4) is 5.75 Å². The molecule has 126 valence electrons. The zero-order chi connectivity index (χ0) is 16.7. The molecule has 1 fully saturated rings. The van der Waals surface area contributed by atoms with E-state index in [2.05, 4.69) is 5.32 Å². The van der Waals surface area contributed by atoms with Crippen LogP contribution in [0.15, 0.2) is 41.0 Å².